The zero-order chi connectivity index (χ0) is 32.7. The fourth-order valence-corrected chi connectivity index (χ4v) is 4.24. The first kappa shape index (κ1) is 33.1. The Morgan fingerprint density at radius 1 is 1.16 bits per heavy atom. The summed E-state index contributed by atoms with van der Waals surface area (Å²) in [6, 6.07) is 7.98. The van der Waals surface area contributed by atoms with Gasteiger partial charge in [0.25, 0.3) is 5.88 Å². The molecule has 0 saturated heterocycles. The van der Waals surface area contributed by atoms with Crippen LogP contribution in [0.3, 0.4) is 0 Å². The molecule has 238 valence electrons. The van der Waals surface area contributed by atoms with Gasteiger partial charge in [0.05, 0.1) is 40.8 Å². The Morgan fingerprint density at radius 2 is 1.93 bits per heavy atom. The lowest BCUT2D eigenvalue weighted by Gasteiger charge is -2.22. The number of nitrogens with zero attached hydrogens (tertiary/aromatic N) is 5. The molecule has 0 bridgehead atoms. The van der Waals surface area contributed by atoms with E-state index >= 15 is 0 Å². The molecule has 3 N–H and O–H groups in total. The molecule has 4 rings (SSSR count). The average Bonchev–Trinajstić information content (AvgIpc) is 3.31. The van der Waals surface area contributed by atoms with Crippen molar-refractivity contribution in [3.8, 4) is 17.4 Å². The number of methoxy groups -OCH3 is 1. The van der Waals surface area contributed by atoms with Crippen LogP contribution in [0.4, 0.5) is 26.0 Å². The van der Waals surface area contributed by atoms with Crippen molar-refractivity contribution in [2.24, 2.45) is 0 Å². The SMILES string of the molecule is COc1cc2ncnc(Nc3ccc(Oc4nn(CC(=O)NC(C)(C)CF)cc4F)cc3Cl)c2cc1NC(=O)/C=C/CN(C)C. The fourth-order valence-electron chi connectivity index (χ4n) is 4.02. The minimum Gasteiger partial charge on any atom is -0.494 e. The van der Waals surface area contributed by atoms with Crippen molar-refractivity contribution >= 4 is 51.5 Å². The molecule has 0 aliphatic heterocycles. The standard InChI is InChI=1S/C30H33ClF2N8O4/c1-30(2,16-32)38-27(43)15-41-14-21(33)29(39-41)45-18-8-9-22(20(31)11-18)37-28-19-12-24(36-26(42)7-6-10-40(3)4)25(44-5)13-23(19)34-17-35-28/h6-9,11-14,17H,10,15-16H2,1-5H3,(H,36,42)(H,38,43)(H,34,35,37)/b7-6+. The Bertz CT molecular complexity index is 1730. The zero-order valence-corrected chi connectivity index (χ0v) is 26.1. The van der Waals surface area contributed by atoms with Crippen LogP contribution >= 0.6 is 11.6 Å². The van der Waals surface area contributed by atoms with Crippen LogP contribution in [-0.2, 0) is 16.1 Å². The van der Waals surface area contributed by atoms with Gasteiger partial charge in [0.15, 0.2) is 0 Å². The number of nitrogens with one attached hydrogen (secondary N) is 3. The van der Waals surface area contributed by atoms with E-state index in [9.17, 15) is 18.4 Å². The van der Waals surface area contributed by atoms with Gasteiger partial charge in [-0.3, -0.25) is 14.3 Å². The summed E-state index contributed by atoms with van der Waals surface area (Å²) in [4.78, 5) is 35.3. The van der Waals surface area contributed by atoms with Crippen LogP contribution in [0, 0.1) is 5.82 Å². The number of aromatic nitrogens is 4. The molecule has 0 atom stereocenters. The van der Waals surface area contributed by atoms with Crippen molar-refractivity contribution in [2.45, 2.75) is 25.9 Å². The van der Waals surface area contributed by atoms with Gasteiger partial charge < -0.3 is 30.3 Å². The molecule has 0 aliphatic carbocycles. The van der Waals surface area contributed by atoms with Gasteiger partial charge in [-0.2, -0.15) is 4.39 Å². The van der Waals surface area contributed by atoms with Crippen LogP contribution in [0.5, 0.6) is 17.4 Å². The van der Waals surface area contributed by atoms with Crippen LogP contribution in [0.2, 0.25) is 5.02 Å². The van der Waals surface area contributed by atoms with Gasteiger partial charge in [-0.15, -0.1) is 5.10 Å². The van der Waals surface area contributed by atoms with E-state index in [1.807, 2.05) is 19.0 Å². The molecule has 2 aromatic heterocycles. The zero-order valence-electron chi connectivity index (χ0n) is 25.3. The van der Waals surface area contributed by atoms with Gasteiger partial charge >= 0.3 is 0 Å². The van der Waals surface area contributed by atoms with E-state index < -0.39 is 23.9 Å². The maximum Gasteiger partial charge on any atom is 0.274 e. The summed E-state index contributed by atoms with van der Waals surface area (Å²) in [6.07, 6.45) is 5.55. The summed E-state index contributed by atoms with van der Waals surface area (Å²) < 4.78 is 39.6. The summed E-state index contributed by atoms with van der Waals surface area (Å²) >= 11 is 6.53. The highest BCUT2D eigenvalue weighted by atomic mass is 35.5. The maximum absolute atomic E-state index is 14.5. The van der Waals surface area contributed by atoms with Crippen molar-refractivity contribution in [3.63, 3.8) is 0 Å². The second-order valence-corrected chi connectivity index (χ2v) is 11.3. The maximum atomic E-state index is 14.5. The van der Waals surface area contributed by atoms with E-state index in [4.69, 9.17) is 21.1 Å². The molecule has 0 spiro atoms. The molecular formula is C30H33ClF2N8O4. The molecule has 0 fully saturated rings. The lowest BCUT2D eigenvalue weighted by atomic mass is 10.1. The summed E-state index contributed by atoms with van der Waals surface area (Å²) in [6.45, 7) is 2.57. The van der Waals surface area contributed by atoms with E-state index in [-0.39, 0.29) is 29.1 Å². The average molecular weight is 643 g/mol. The van der Waals surface area contributed by atoms with E-state index in [1.165, 1.54) is 39.4 Å². The Labute approximate surface area is 263 Å². The third-order valence-corrected chi connectivity index (χ3v) is 6.48. The summed E-state index contributed by atoms with van der Waals surface area (Å²) in [5, 5.41) is 13.2. The van der Waals surface area contributed by atoms with Crippen LogP contribution in [0.1, 0.15) is 13.8 Å². The van der Waals surface area contributed by atoms with E-state index in [0.717, 1.165) is 10.9 Å². The van der Waals surface area contributed by atoms with Crippen LogP contribution < -0.4 is 25.4 Å². The molecule has 12 nitrogen and oxygen atoms in total. The Kier molecular flexibility index (Phi) is 10.5. The van der Waals surface area contributed by atoms with Crippen LogP contribution in [-0.4, -0.2) is 76.4 Å². The molecule has 0 unspecified atom stereocenters. The largest absolute Gasteiger partial charge is 0.494 e. The van der Waals surface area contributed by atoms with Gasteiger partial charge in [-0.05, 0) is 46.1 Å². The highest BCUT2D eigenvalue weighted by Crippen LogP contribution is 2.36. The molecule has 2 aromatic carbocycles. The van der Waals surface area contributed by atoms with Gasteiger partial charge in [0.1, 0.15) is 36.9 Å². The second kappa shape index (κ2) is 14.3. The molecule has 0 aliphatic rings. The van der Waals surface area contributed by atoms with Crippen molar-refractivity contribution in [2.75, 3.05) is 45.1 Å². The minimum absolute atomic E-state index is 0.183. The number of benzene rings is 2. The number of hydrogen-bond donors (Lipinski definition) is 3. The molecule has 2 heterocycles. The van der Waals surface area contributed by atoms with Crippen LogP contribution in [0.25, 0.3) is 10.9 Å². The number of halogens is 3. The summed E-state index contributed by atoms with van der Waals surface area (Å²) in [5.41, 5.74) is 0.369. The number of carbonyl (C=O) groups is 2. The van der Waals surface area contributed by atoms with Gasteiger partial charge in [0, 0.05) is 30.1 Å². The number of alkyl halides is 1. The molecular weight excluding hydrogens is 610 g/mol. The number of rotatable bonds is 13. The minimum atomic E-state index is -1.05. The Balaban J connectivity index is 1.51. The highest BCUT2D eigenvalue weighted by molar-refractivity contribution is 6.33. The molecule has 45 heavy (non-hydrogen) atoms. The van der Waals surface area contributed by atoms with E-state index in [1.54, 1.807) is 30.3 Å². The Morgan fingerprint density at radius 3 is 2.62 bits per heavy atom. The highest BCUT2D eigenvalue weighted by Gasteiger charge is 2.21. The predicted octanol–water partition coefficient (Wildman–Crippen LogP) is 5.08. The Hall–Kier alpha value is -4.82. The van der Waals surface area contributed by atoms with Crippen molar-refractivity contribution < 1.29 is 27.8 Å². The predicted molar refractivity (Wildman–Crippen MR) is 168 cm³/mol. The summed E-state index contributed by atoms with van der Waals surface area (Å²) in [5.74, 6) is -1.04. The van der Waals surface area contributed by atoms with Crippen molar-refractivity contribution in [3.05, 3.63) is 65.8 Å². The van der Waals surface area contributed by atoms with Crippen molar-refractivity contribution in [1.82, 2.24) is 30.0 Å². The first-order valence-electron chi connectivity index (χ1n) is 13.7. The lowest BCUT2D eigenvalue weighted by Crippen LogP contribution is -2.46. The smallest absolute Gasteiger partial charge is 0.274 e. The first-order chi connectivity index (χ1) is 21.4. The quantitative estimate of drug-likeness (QED) is 0.171. The number of ether oxygens (including phenoxy) is 2. The van der Waals surface area contributed by atoms with Crippen molar-refractivity contribution in [1.29, 1.82) is 0 Å². The number of amides is 2. The number of likely N-dealkylation sites (N-methyl/N-ethyl adjacent to an activating group) is 1. The number of hydrogen-bond acceptors (Lipinski definition) is 9. The van der Waals surface area contributed by atoms with Gasteiger partial charge in [-0.25, -0.2) is 14.4 Å². The fraction of sp³-hybridized carbons (Fsp3) is 0.300. The van der Waals surface area contributed by atoms with E-state index in [2.05, 4.69) is 31.0 Å². The normalized spacial score (nSPS) is 11.7. The molecule has 4 aromatic rings. The van der Waals surface area contributed by atoms with E-state index in [0.29, 0.717) is 40.4 Å². The molecule has 15 heteroatoms. The number of anilines is 3. The second-order valence-electron chi connectivity index (χ2n) is 10.9. The van der Waals surface area contributed by atoms with Gasteiger partial charge in [-0.1, -0.05) is 17.7 Å². The molecule has 2 amide bonds. The molecule has 0 saturated carbocycles. The topological polar surface area (TPSA) is 136 Å². The lowest BCUT2D eigenvalue weighted by molar-refractivity contribution is -0.123. The third kappa shape index (κ3) is 8.86. The molecule has 0 radical (unpaired) electrons. The van der Waals surface area contributed by atoms with Gasteiger partial charge in [0.2, 0.25) is 17.6 Å². The summed E-state index contributed by atoms with van der Waals surface area (Å²) in [7, 11) is 5.29. The van der Waals surface area contributed by atoms with Crippen LogP contribution in [0.15, 0.2) is 55.0 Å². The number of carbonyl (C=O) groups excluding carboxylic acids is 2. The third-order valence-electron chi connectivity index (χ3n) is 6.17. The first-order valence-corrected chi connectivity index (χ1v) is 14.0. The monoisotopic (exact) mass is 642 g/mol. The number of fused-ring (bicyclic) bond motifs is 1.